The maximum absolute atomic E-state index is 12.2. The molecule has 7 nitrogen and oxygen atoms in total. The zero-order valence-electron chi connectivity index (χ0n) is 16.3. The summed E-state index contributed by atoms with van der Waals surface area (Å²) in [6, 6.07) is 7.00. The molecule has 1 atom stereocenters. The molecule has 7 heteroatoms. The Kier molecular flexibility index (Phi) is 6.57. The molecule has 0 saturated carbocycles. The predicted molar refractivity (Wildman–Crippen MR) is 115 cm³/mol. The molecule has 0 aromatic heterocycles. The summed E-state index contributed by atoms with van der Waals surface area (Å²) < 4.78 is 5.06. The van der Waals surface area contributed by atoms with E-state index in [1.807, 2.05) is 12.2 Å². The van der Waals surface area contributed by atoms with E-state index in [0.717, 1.165) is 6.08 Å². The molecule has 0 spiro atoms. The van der Waals surface area contributed by atoms with Gasteiger partial charge in [0, 0.05) is 17.7 Å². The Bertz CT molecular complexity index is 1220. The topological polar surface area (TPSA) is 124 Å². The monoisotopic (exact) mass is 420 g/mol. The van der Waals surface area contributed by atoms with E-state index >= 15 is 0 Å². The number of carboxylic acid groups (broad SMARTS) is 1. The van der Waals surface area contributed by atoms with Crippen LogP contribution in [0.15, 0.2) is 60.7 Å². The number of benzene rings is 2. The minimum absolute atomic E-state index is 0.0917. The van der Waals surface area contributed by atoms with Gasteiger partial charge < -0.3 is 25.2 Å². The number of ether oxygens (including phenoxy) is 1. The molecule has 1 aliphatic rings. The molecule has 2 aromatic rings. The van der Waals surface area contributed by atoms with Crippen LogP contribution in [-0.4, -0.2) is 38.5 Å². The summed E-state index contributed by atoms with van der Waals surface area (Å²) in [5, 5.41) is 39.7. The van der Waals surface area contributed by atoms with Gasteiger partial charge in [-0.2, -0.15) is 0 Å². The fourth-order valence-electron chi connectivity index (χ4n) is 3.01. The highest BCUT2D eigenvalue weighted by Crippen LogP contribution is 2.25. The second kappa shape index (κ2) is 9.49. The quantitative estimate of drug-likeness (QED) is 0.319. The van der Waals surface area contributed by atoms with Crippen molar-refractivity contribution in [1.82, 2.24) is 0 Å². The van der Waals surface area contributed by atoms with Crippen LogP contribution in [0.2, 0.25) is 0 Å². The Hall–Kier alpha value is -4.26. The normalized spacial score (nSPS) is 17.7. The Morgan fingerprint density at radius 3 is 2.23 bits per heavy atom. The zero-order chi connectivity index (χ0) is 22.4. The van der Waals surface area contributed by atoms with Gasteiger partial charge in [-0.3, -0.25) is 0 Å². The third kappa shape index (κ3) is 5.42. The summed E-state index contributed by atoms with van der Waals surface area (Å²) in [5.74, 6) is -2.84. The van der Waals surface area contributed by atoms with Gasteiger partial charge in [0.25, 0.3) is 0 Å². The summed E-state index contributed by atoms with van der Waals surface area (Å²) >= 11 is 0. The molecule has 0 radical (unpaired) electrons. The third-order valence-electron chi connectivity index (χ3n) is 4.55. The summed E-state index contributed by atoms with van der Waals surface area (Å²) in [4.78, 5) is 23.7. The first-order valence-electron chi connectivity index (χ1n) is 9.35. The van der Waals surface area contributed by atoms with Crippen LogP contribution in [0.5, 0.6) is 17.2 Å². The minimum atomic E-state index is -1.48. The van der Waals surface area contributed by atoms with Crippen molar-refractivity contribution in [2.24, 2.45) is 0 Å². The van der Waals surface area contributed by atoms with Crippen LogP contribution in [0.3, 0.4) is 0 Å². The van der Waals surface area contributed by atoms with Crippen molar-refractivity contribution in [3.63, 3.8) is 0 Å². The van der Waals surface area contributed by atoms with Gasteiger partial charge in [-0.25, -0.2) is 9.59 Å². The van der Waals surface area contributed by atoms with Gasteiger partial charge in [-0.15, -0.1) is 0 Å². The Morgan fingerprint density at radius 2 is 1.55 bits per heavy atom. The largest absolute Gasteiger partial charge is 0.507 e. The van der Waals surface area contributed by atoms with Crippen LogP contribution < -0.4 is 10.4 Å². The van der Waals surface area contributed by atoms with E-state index < -0.39 is 23.8 Å². The fourth-order valence-corrected chi connectivity index (χ4v) is 3.01. The molecule has 0 bridgehead atoms. The molecule has 0 aliphatic heterocycles. The van der Waals surface area contributed by atoms with Gasteiger partial charge in [0.05, 0.1) is 0 Å². The van der Waals surface area contributed by atoms with Crippen molar-refractivity contribution >= 4 is 30.2 Å². The van der Waals surface area contributed by atoms with Gasteiger partial charge in [0.15, 0.2) is 11.5 Å². The molecule has 1 aliphatic carbocycles. The van der Waals surface area contributed by atoms with Crippen molar-refractivity contribution in [1.29, 1.82) is 0 Å². The molecule has 158 valence electrons. The predicted octanol–water partition coefficient (Wildman–Crippen LogP) is 1.74. The standard InChI is InChI=1S/C24H20O7/c25-19-11-8-16(17-5-3-1-2-4-6-18(17)19)9-12-23(28)31-22(24(29)30)14-15-7-10-20(26)21(27)13-15/h1-13,22,25-27H,14H2,(H,29,30)/b2-1?,3-1-,4-2-,5-3?,6-4?,12-9+,17-5-,18-6+. The number of carbonyl (C=O) groups excluding carboxylic acids is 1. The first kappa shape index (κ1) is 21.4. The van der Waals surface area contributed by atoms with Crippen LogP contribution in [0.1, 0.15) is 11.1 Å². The summed E-state index contributed by atoms with van der Waals surface area (Å²) in [7, 11) is 0. The van der Waals surface area contributed by atoms with Crippen molar-refractivity contribution in [3.8, 4) is 17.2 Å². The molecule has 0 amide bonds. The van der Waals surface area contributed by atoms with E-state index in [1.165, 1.54) is 30.3 Å². The Balaban J connectivity index is 1.80. The maximum Gasteiger partial charge on any atom is 0.345 e. The summed E-state index contributed by atoms with van der Waals surface area (Å²) in [6.07, 6.45) is 11.7. The van der Waals surface area contributed by atoms with E-state index in [-0.39, 0.29) is 17.9 Å². The first-order chi connectivity index (χ1) is 14.8. The number of rotatable bonds is 6. The number of allylic oxidation sites excluding steroid dienone is 4. The van der Waals surface area contributed by atoms with E-state index in [1.54, 1.807) is 30.4 Å². The number of hydrogen-bond acceptors (Lipinski definition) is 6. The van der Waals surface area contributed by atoms with Gasteiger partial charge >= 0.3 is 11.9 Å². The van der Waals surface area contributed by atoms with Gasteiger partial charge in [-0.05, 0) is 40.6 Å². The molecular formula is C24H20O7. The summed E-state index contributed by atoms with van der Waals surface area (Å²) in [5.41, 5.74) is 1.01. The lowest BCUT2D eigenvalue weighted by atomic mass is 10.1. The molecule has 1 unspecified atom stereocenters. The summed E-state index contributed by atoms with van der Waals surface area (Å²) in [6.45, 7) is 0. The lowest BCUT2D eigenvalue weighted by Gasteiger charge is -2.13. The molecule has 0 fully saturated rings. The Morgan fingerprint density at radius 1 is 0.871 bits per heavy atom. The lowest BCUT2D eigenvalue weighted by Crippen LogP contribution is -2.29. The van der Waals surface area contributed by atoms with E-state index in [4.69, 9.17) is 4.74 Å². The number of hydrogen-bond donors (Lipinski definition) is 4. The average molecular weight is 420 g/mol. The highest BCUT2D eigenvalue weighted by atomic mass is 16.6. The van der Waals surface area contributed by atoms with Gasteiger partial charge in [0.1, 0.15) is 5.75 Å². The molecule has 2 aromatic carbocycles. The number of aromatic hydroxyl groups is 3. The minimum Gasteiger partial charge on any atom is -0.507 e. The number of aliphatic carboxylic acids is 1. The van der Waals surface area contributed by atoms with Crippen LogP contribution in [0, 0.1) is 0 Å². The zero-order valence-corrected chi connectivity index (χ0v) is 16.3. The van der Waals surface area contributed by atoms with Crippen molar-refractivity contribution in [2.45, 2.75) is 12.5 Å². The molecule has 0 heterocycles. The number of fused-ring (bicyclic) bond motifs is 1. The highest BCUT2D eigenvalue weighted by molar-refractivity contribution is 5.89. The second-order valence-electron chi connectivity index (χ2n) is 6.73. The number of phenolic OH excluding ortho intramolecular Hbond substituents is 3. The lowest BCUT2D eigenvalue weighted by molar-refractivity contribution is -0.160. The first-order valence-corrected chi connectivity index (χ1v) is 9.35. The SMILES string of the molecule is O=C(/C=C/c1ccc(O)c2/c1=C\C=C/C=C\C=2)OC(Cc1ccc(O)c(O)c1)C(=O)O. The second-order valence-corrected chi connectivity index (χ2v) is 6.73. The number of carbonyl (C=O) groups is 2. The van der Waals surface area contributed by atoms with Crippen LogP contribution in [0.25, 0.3) is 18.2 Å². The van der Waals surface area contributed by atoms with Gasteiger partial charge in [0.2, 0.25) is 6.10 Å². The average Bonchev–Trinajstić information content (AvgIpc) is 2.70. The van der Waals surface area contributed by atoms with E-state index in [9.17, 15) is 30.0 Å². The van der Waals surface area contributed by atoms with E-state index in [0.29, 0.717) is 21.6 Å². The van der Waals surface area contributed by atoms with Gasteiger partial charge in [-0.1, -0.05) is 48.6 Å². The molecule has 4 N–H and O–H groups in total. The van der Waals surface area contributed by atoms with Crippen LogP contribution in [-0.2, 0) is 20.7 Å². The number of carboxylic acids is 1. The highest BCUT2D eigenvalue weighted by Gasteiger charge is 2.22. The molecular weight excluding hydrogens is 400 g/mol. The molecule has 0 saturated heterocycles. The third-order valence-corrected chi connectivity index (χ3v) is 4.55. The van der Waals surface area contributed by atoms with Crippen LogP contribution in [0.4, 0.5) is 0 Å². The van der Waals surface area contributed by atoms with Crippen molar-refractivity contribution in [3.05, 3.63) is 82.3 Å². The fraction of sp³-hybridized carbons (Fsp3) is 0.0833. The van der Waals surface area contributed by atoms with Crippen molar-refractivity contribution < 1.29 is 34.8 Å². The number of esters is 1. The smallest absolute Gasteiger partial charge is 0.345 e. The molecule has 31 heavy (non-hydrogen) atoms. The van der Waals surface area contributed by atoms with E-state index in [2.05, 4.69) is 0 Å². The maximum atomic E-state index is 12.2. The number of phenols is 3. The Labute approximate surface area is 177 Å². The van der Waals surface area contributed by atoms with Crippen molar-refractivity contribution in [2.75, 3.05) is 0 Å². The van der Waals surface area contributed by atoms with Crippen LogP contribution >= 0.6 is 0 Å². The molecule has 3 rings (SSSR count).